The zero-order valence-corrected chi connectivity index (χ0v) is 17.8. The summed E-state index contributed by atoms with van der Waals surface area (Å²) < 4.78 is 0. The van der Waals surface area contributed by atoms with E-state index in [1.54, 1.807) is 11.3 Å². The van der Waals surface area contributed by atoms with Gasteiger partial charge in [0.1, 0.15) is 0 Å². The van der Waals surface area contributed by atoms with Crippen LogP contribution in [0.5, 0.6) is 0 Å². The summed E-state index contributed by atoms with van der Waals surface area (Å²) in [6.07, 6.45) is 2.31. The Morgan fingerprint density at radius 2 is 2.07 bits per heavy atom. The molecule has 2 aromatic heterocycles. The first-order chi connectivity index (χ1) is 13.6. The standard InChI is InChI=1S/C21H24N4OS2/c1-14-20(28-15(2)22-14)18-13-27-21(23-18)24-19(26)12-25-10-6-9-17(11-25)16-7-4-3-5-8-16/h3-5,7-8,13,17H,6,9-12H2,1-2H3,(H,23,24,26)/t17-/m1/s1. The lowest BCUT2D eigenvalue weighted by atomic mass is 9.91. The third-order valence-electron chi connectivity index (χ3n) is 5.03. The van der Waals surface area contributed by atoms with E-state index in [1.807, 2.05) is 19.2 Å². The van der Waals surface area contributed by atoms with Crippen molar-refractivity contribution in [3.05, 3.63) is 52.0 Å². The number of amides is 1. The molecule has 0 spiro atoms. The Balaban J connectivity index is 1.35. The lowest BCUT2D eigenvalue weighted by molar-refractivity contribution is -0.117. The minimum absolute atomic E-state index is 0.00631. The molecule has 0 radical (unpaired) electrons. The first-order valence-electron chi connectivity index (χ1n) is 9.55. The van der Waals surface area contributed by atoms with Crippen LogP contribution in [0.4, 0.5) is 5.13 Å². The van der Waals surface area contributed by atoms with Gasteiger partial charge in [-0.1, -0.05) is 30.3 Å². The fraction of sp³-hybridized carbons (Fsp3) is 0.381. The maximum Gasteiger partial charge on any atom is 0.240 e. The minimum Gasteiger partial charge on any atom is -0.301 e. The van der Waals surface area contributed by atoms with Gasteiger partial charge in [-0.25, -0.2) is 9.97 Å². The SMILES string of the molecule is Cc1nc(C)c(-c2csc(NC(=O)CN3CCC[C@@H](c4ccccc4)C3)n2)s1. The quantitative estimate of drug-likeness (QED) is 0.660. The second-order valence-corrected chi connectivity index (χ2v) is 9.28. The Labute approximate surface area is 173 Å². The molecule has 28 heavy (non-hydrogen) atoms. The number of piperidine rings is 1. The van der Waals surface area contributed by atoms with Gasteiger partial charge in [-0.2, -0.15) is 0 Å². The summed E-state index contributed by atoms with van der Waals surface area (Å²) in [6.45, 7) is 6.31. The topological polar surface area (TPSA) is 58.1 Å². The Morgan fingerprint density at radius 1 is 1.25 bits per heavy atom. The van der Waals surface area contributed by atoms with Crippen LogP contribution in [0.1, 0.15) is 35.0 Å². The average molecular weight is 413 g/mol. The predicted molar refractivity (Wildman–Crippen MR) is 116 cm³/mol. The molecule has 3 heterocycles. The highest BCUT2D eigenvalue weighted by Gasteiger charge is 2.23. The Morgan fingerprint density at radius 3 is 2.82 bits per heavy atom. The van der Waals surface area contributed by atoms with E-state index < -0.39 is 0 Å². The first-order valence-corrected chi connectivity index (χ1v) is 11.2. The van der Waals surface area contributed by atoms with Crippen LogP contribution < -0.4 is 5.32 Å². The number of thiazole rings is 2. The van der Waals surface area contributed by atoms with Gasteiger partial charge in [-0.15, -0.1) is 22.7 Å². The highest BCUT2D eigenvalue weighted by molar-refractivity contribution is 7.16. The van der Waals surface area contributed by atoms with Crippen LogP contribution >= 0.6 is 22.7 Å². The molecule has 146 valence electrons. The summed E-state index contributed by atoms with van der Waals surface area (Å²) in [7, 11) is 0. The largest absolute Gasteiger partial charge is 0.301 e. The molecule has 1 N–H and O–H groups in total. The number of carbonyl (C=O) groups excluding carboxylic acids is 1. The number of benzene rings is 1. The van der Waals surface area contributed by atoms with Gasteiger partial charge in [0.15, 0.2) is 5.13 Å². The molecular formula is C21H24N4OS2. The molecule has 1 fully saturated rings. The fourth-order valence-electron chi connectivity index (χ4n) is 3.76. The van der Waals surface area contributed by atoms with Crippen LogP contribution in [-0.2, 0) is 4.79 Å². The van der Waals surface area contributed by atoms with Crippen molar-refractivity contribution in [3.8, 4) is 10.6 Å². The van der Waals surface area contributed by atoms with Crippen LogP contribution in [0.3, 0.4) is 0 Å². The van der Waals surface area contributed by atoms with Crippen LogP contribution in [0.25, 0.3) is 10.6 Å². The lowest BCUT2D eigenvalue weighted by Crippen LogP contribution is -2.39. The molecule has 0 unspecified atom stereocenters. The van der Waals surface area contributed by atoms with Gasteiger partial charge in [0.2, 0.25) is 5.91 Å². The lowest BCUT2D eigenvalue weighted by Gasteiger charge is -2.32. The van der Waals surface area contributed by atoms with E-state index in [2.05, 4.69) is 50.5 Å². The number of rotatable bonds is 5. The zero-order chi connectivity index (χ0) is 19.5. The number of aromatic nitrogens is 2. The Kier molecular flexibility index (Phi) is 5.85. The van der Waals surface area contributed by atoms with Crippen molar-refractivity contribution in [2.75, 3.05) is 25.0 Å². The van der Waals surface area contributed by atoms with E-state index in [1.165, 1.54) is 23.3 Å². The monoisotopic (exact) mass is 412 g/mol. The number of hydrogen-bond acceptors (Lipinski definition) is 6. The molecule has 0 aliphatic carbocycles. The number of aryl methyl sites for hydroxylation is 2. The van der Waals surface area contributed by atoms with Crippen molar-refractivity contribution >= 4 is 33.7 Å². The molecule has 1 aromatic carbocycles. The van der Waals surface area contributed by atoms with Crippen LogP contribution in [0, 0.1) is 13.8 Å². The normalized spacial score (nSPS) is 17.6. The van der Waals surface area contributed by atoms with Crippen molar-refractivity contribution in [2.45, 2.75) is 32.6 Å². The summed E-state index contributed by atoms with van der Waals surface area (Å²) in [5.74, 6) is 0.513. The molecule has 4 rings (SSSR count). The maximum absolute atomic E-state index is 12.5. The van der Waals surface area contributed by atoms with Gasteiger partial charge in [0.05, 0.1) is 27.8 Å². The van der Waals surface area contributed by atoms with Crippen molar-refractivity contribution in [1.29, 1.82) is 0 Å². The van der Waals surface area contributed by atoms with Gasteiger partial charge in [-0.3, -0.25) is 9.69 Å². The number of hydrogen-bond donors (Lipinski definition) is 1. The first kappa shape index (κ1) is 19.2. The molecular weight excluding hydrogens is 388 g/mol. The molecule has 1 aliphatic heterocycles. The molecule has 3 aromatic rings. The third kappa shape index (κ3) is 4.48. The average Bonchev–Trinajstić information content (AvgIpc) is 3.28. The van der Waals surface area contributed by atoms with Gasteiger partial charge in [0, 0.05) is 11.9 Å². The smallest absolute Gasteiger partial charge is 0.240 e. The fourth-order valence-corrected chi connectivity index (χ4v) is 5.44. The number of carbonyl (C=O) groups is 1. The van der Waals surface area contributed by atoms with Crippen molar-refractivity contribution in [2.24, 2.45) is 0 Å². The van der Waals surface area contributed by atoms with Gasteiger partial charge in [-0.05, 0) is 44.7 Å². The predicted octanol–water partition coefficient (Wildman–Crippen LogP) is 4.70. The summed E-state index contributed by atoms with van der Waals surface area (Å²) in [5, 5.41) is 6.65. The molecule has 0 bridgehead atoms. The molecule has 1 aliphatic rings. The summed E-state index contributed by atoms with van der Waals surface area (Å²) in [5.41, 5.74) is 3.25. The zero-order valence-electron chi connectivity index (χ0n) is 16.1. The van der Waals surface area contributed by atoms with Crippen LogP contribution in [0.15, 0.2) is 35.7 Å². The summed E-state index contributed by atoms with van der Waals surface area (Å²) in [4.78, 5) is 24.9. The van der Waals surface area contributed by atoms with Gasteiger partial charge in [0.25, 0.3) is 0 Å². The van der Waals surface area contributed by atoms with Crippen molar-refractivity contribution in [3.63, 3.8) is 0 Å². The van der Waals surface area contributed by atoms with E-state index in [0.29, 0.717) is 17.6 Å². The highest BCUT2D eigenvalue weighted by atomic mass is 32.1. The number of likely N-dealkylation sites (tertiary alicyclic amines) is 1. The summed E-state index contributed by atoms with van der Waals surface area (Å²) in [6, 6.07) is 10.6. The Hall–Kier alpha value is -2.09. The molecule has 1 amide bonds. The van der Waals surface area contributed by atoms with E-state index in [0.717, 1.165) is 40.8 Å². The summed E-state index contributed by atoms with van der Waals surface area (Å²) >= 11 is 3.11. The minimum atomic E-state index is 0.00631. The molecule has 1 atom stereocenters. The van der Waals surface area contributed by atoms with Crippen LogP contribution in [0.2, 0.25) is 0 Å². The molecule has 0 saturated carbocycles. The van der Waals surface area contributed by atoms with Gasteiger partial charge >= 0.3 is 0 Å². The van der Waals surface area contributed by atoms with E-state index in [4.69, 9.17) is 0 Å². The molecule has 7 heteroatoms. The third-order valence-corrected chi connectivity index (χ3v) is 6.88. The van der Waals surface area contributed by atoms with Crippen LogP contribution in [-0.4, -0.2) is 40.4 Å². The van der Waals surface area contributed by atoms with E-state index in [-0.39, 0.29) is 5.91 Å². The van der Waals surface area contributed by atoms with E-state index in [9.17, 15) is 4.79 Å². The van der Waals surface area contributed by atoms with Crippen molar-refractivity contribution in [1.82, 2.24) is 14.9 Å². The van der Waals surface area contributed by atoms with E-state index >= 15 is 0 Å². The molecule has 5 nitrogen and oxygen atoms in total. The second kappa shape index (κ2) is 8.51. The number of nitrogens with zero attached hydrogens (tertiary/aromatic N) is 3. The number of anilines is 1. The maximum atomic E-state index is 12.5. The van der Waals surface area contributed by atoms with Gasteiger partial charge < -0.3 is 5.32 Å². The Bertz CT molecular complexity index is 950. The highest BCUT2D eigenvalue weighted by Crippen LogP contribution is 2.32. The van der Waals surface area contributed by atoms with Crippen molar-refractivity contribution < 1.29 is 4.79 Å². The number of nitrogens with one attached hydrogen (secondary N) is 1. The second-order valence-electron chi connectivity index (χ2n) is 7.22. The molecule has 1 saturated heterocycles.